The highest BCUT2D eigenvalue weighted by Gasteiger charge is 2.37. The molecule has 2 heterocycles. The number of likely N-dealkylation sites (tertiary alicyclic amines) is 1. The monoisotopic (exact) mass is 363 g/mol. The summed E-state index contributed by atoms with van der Waals surface area (Å²) < 4.78 is 36.9. The van der Waals surface area contributed by atoms with Crippen LogP contribution in [0.4, 0.5) is 18.9 Å². The van der Waals surface area contributed by atoms with Gasteiger partial charge in [0.1, 0.15) is 6.04 Å². The van der Waals surface area contributed by atoms with Crippen molar-refractivity contribution in [2.24, 2.45) is 0 Å². The van der Waals surface area contributed by atoms with Crippen molar-refractivity contribution in [3.8, 4) is 0 Å². The molecular formula is C18H16F3N3O2. The van der Waals surface area contributed by atoms with Gasteiger partial charge in [0.05, 0.1) is 11.2 Å². The lowest BCUT2D eigenvalue weighted by atomic mass is 10.1. The molecule has 0 saturated carbocycles. The fraction of sp³-hybridized carbons (Fsp3) is 0.278. The number of carbonyl (C=O) groups excluding carboxylic acids is 2. The second-order valence-electron chi connectivity index (χ2n) is 5.94. The molecular weight excluding hydrogens is 347 g/mol. The summed E-state index contributed by atoms with van der Waals surface area (Å²) in [6, 6.07) is 8.39. The summed E-state index contributed by atoms with van der Waals surface area (Å²) in [6.07, 6.45) is -0.640. The van der Waals surface area contributed by atoms with Crippen molar-refractivity contribution in [1.82, 2.24) is 9.88 Å². The van der Waals surface area contributed by atoms with Gasteiger partial charge >= 0.3 is 6.18 Å². The SMILES string of the molecule is O=C(Nc1cccc2cccnc12)C1CCCN1/C=C/C(=O)C(F)(F)F. The summed E-state index contributed by atoms with van der Waals surface area (Å²) >= 11 is 0. The number of rotatable bonds is 4. The van der Waals surface area contributed by atoms with Crippen molar-refractivity contribution in [2.75, 3.05) is 11.9 Å². The van der Waals surface area contributed by atoms with Crippen molar-refractivity contribution in [2.45, 2.75) is 25.1 Å². The Morgan fingerprint density at radius 2 is 2.00 bits per heavy atom. The number of ketones is 1. The van der Waals surface area contributed by atoms with Gasteiger partial charge in [-0.15, -0.1) is 0 Å². The van der Waals surface area contributed by atoms with Crippen LogP contribution in [-0.4, -0.2) is 40.3 Å². The van der Waals surface area contributed by atoms with E-state index in [9.17, 15) is 22.8 Å². The number of carbonyl (C=O) groups is 2. The molecule has 1 aromatic carbocycles. The Hall–Kier alpha value is -2.90. The number of nitrogens with one attached hydrogen (secondary N) is 1. The molecule has 1 saturated heterocycles. The third-order valence-corrected chi connectivity index (χ3v) is 4.18. The van der Waals surface area contributed by atoms with Crippen LogP contribution >= 0.6 is 0 Å². The highest BCUT2D eigenvalue weighted by Crippen LogP contribution is 2.24. The van der Waals surface area contributed by atoms with Crippen LogP contribution in [0.3, 0.4) is 0 Å². The maximum atomic E-state index is 12.6. The number of halogens is 3. The van der Waals surface area contributed by atoms with E-state index in [1.54, 1.807) is 24.4 Å². The predicted molar refractivity (Wildman–Crippen MR) is 90.3 cm³/mol. The Balaban J connectivity index is 1.74. The first-order chi connectivity index (χ1) is 12.4. The molecule has 1 fully saturated rings. The predicted octanol–water partition coefficient (Wildman–Crippen LogP) is 3.28. The van der Waals surface area contributed by atoms with Gasteiger partial charge in [0, 0.05) is 30.4 Å². The smallest absolute Gasteiger partial charge is 0.365 e. The summed E-state index contributed by atoms with van der Waals surface area (Å²) in [5.74, 6) is -2.29. The third-order valence-electron chi connectivity index (χ3n) is 4.18. The van der Waals surface area contributed by atoms with E-state index >= 15 is 0 Å². The molecule has 1 N–H and O–H groups in total. The van der Waals surface area contributed by atoms with Crippen LogP contribution in [0.2, 0.25) is 0 Å². The van der Waals surface area contributed by atoms with Crippen molar-refractivity contribution in [3.05, 3.63) is 48.8 Å². The summed E-state index contributed by atoms with van der Waals surface area (Å²) in [5.41, 5.74) is 1.17. The van der Waals surface area contributed by atoms with E-state index in [1.165, 1.54) is 4.90 Å². The van der Waals surface area contributed by atoms with E-state index in [0.717, 1.165) is 11.6 Å². The van der Waals surface area contributed by atoms with Crippen LogP contribution in [0.15, 0.2) is 48.8 Å². The van der Waals surface area contributed by atoms with Crippen molar-refractivity contribution in [3.63, 3.8) is 0 Å². The molecule has 0 bridgehead atoms. The minimum Gasteiger partial charge on any atom is -0.365 e. The average molecular weight is 363 g/mol. The summed E-state index contributed by atoms with van der Waals surface area (Å²) in [6.45, 7) is 0.410. The lowest BCUT2D eigenvalue weighted by molar-refractivity contribution is -0.165. The number of hydrogen-bond donors (Lipinski definition) is 1. The first-order valence-electron chi connectivity index (χ1n) is 8.06. The van der Waals surface area contributed by atoms with Gasteiger partial charge < -0.3 is 10.2 Å². The highest BCUT2D eigenvalue weighted by molar-refractivity contribution is 6.02. The summed E-state index contributed by atoms with van der Waals surface area (Å²) in [7, 11) is 0. The van der Waals surface area contributed by atoms with Gasteiger partial charge in [-0.2, -0.15) is 13.2 Å². The Labute approximate surface area is 147 Å². The number of para-hydroxylation sites is 1. The second kappa shape index (κ2) is 7.15. The largest absolute Gasteiger partial charge is 0.454 e. The van der Waals surface area contributed by atoms with E-state index < -0.39 is 18.0 Å². The van der Waals surface area contributed by atoms with Crippen LogP contribution < -0.4 is 5.32 Å². The van der Waals surface area contributed by atoms with Gasteiger partial charge in [0.15, 0.2) is 0 Å². The Bertz CT molecular complexity index is 859. The van der Waals surface area contributed by atoms with Gasteiger partial charge in [-0.05, 0) is 25.0 Å². The quantitative estimate of drug-likeness (QED) is 0.847. The fourth-order valence-electron chi connectivity index (χ4n) is 2.93. The zero-order valence-electron chi connectivity index (χ0n) is 13.7. The molecule has 1 aliphatic heterocycles. The molecule has 2 aromatic rings. The fourth-order valence-corrected chi connectivity index (χ4v) is 2.93. The van der Waals surface area contributed by atoms with Gasteiger partial charge in [0.25, 0.3) is 5.78 Å². The van der Waals surface area contributed by atoms with Gasteiger partial charge in [0.2, 0.25) is 5.91 Å². The highest BCUT2D eigenvalue weighted by atomic mass is 19.4. The molecule has 1 aromatic heterocycles. The number of aromatic nitrogens is 1. The van der Waals surface area contributed by atoms with E-state index in [-0.39, 0.29) is 5.91 Å². The van der Waals surface area contributed by atoms with E-state index in [0.29, 0.717) is 36.7 Å². The topological polar surface area (TPSA) is 62.3 Å². The molecule has 1 unspecified atom stereocenters. The zero-order chi connectivity index (χ0) is 18.7. The first kappa shape index (κ1) is 17.9. The maximum absolute atomic E-state index is 12.6. The van der Waals surface area contributed by atoms with E-state index in [1.807, 2.05) is 12.1 Å². The molecule has 1 amide bonds. The van der Waals surface area contributed by atoms with Crippen molar-refractivity contribution >= 4 is 28.3 Å². The lowest BCUT2D eigenvalue weighted by Gasteiger charge is -2.22. The van der Waals surface area contributed by atoms with Crippen LogP contribution in [0.1, 0.15) is 12.8 Å². The normalized spacial score (nSPS) is 17.8. The average Bonchev–Trinajstić information content (AvgIpc) is 3.08. The van der Waals surface area contributed by atoms with Crippen LogP contribution in [-0.2, 0) is 9.59 Å². The zero-order valence-corrected chi connectivity index (χ0v) is 13.7. The van der Waals surface area contributed by atoms with Gasteiger partial charge in [-0.3, -0.25) is 14.6 Å². The standard InChI is InChI=1S/C18H16F3N3O2/c19-18(20,21)15(25)8-11-24-10-3-7-14(24)17(26)23-13-6-1-4-12-5-2-9-22-16(12)13/h1-2,4-6,8-9,11,14H,3,7,10H2,(H,23,26)/b11-8+. The number of anilines is 1. The number of hydrogen-bond acceptors (Lipinski definition) is 4. The lowest BCUT2D eigenvalue weighted by Crippen LogP contribution is -2.37. The molecule has 8 heteroatoms. The molecule has 26 heavy (non-hydrogen) atoms. The number of amides is 1. The molecule has 136 valence electrons. The van der Waals surface area contributed by atoms with Crippen LogP contribution in [0.25, 0.3) is 10.9 Å². The number of fused-ring (bicyclic) bond motifs is 1. The molecule has 1 aliphatic rings. The number of alkyl halides is 3. The van der Waals surface area contributed by atoms with E-state index in [4.69, 9.17) is 0 Å². The molecule has 0 aliphatic carbocycles. The number of pyridine rings is 1. The second-order valence-corrected chi connectivity index (χ2v) is 5.94. The Morgan fingerprint density at radius 3 is 2.77 bits per heavy atom. The molecule has 5 nitrogen and oxygen atoms in total. The number of nitrogens with zero attached hydrogens (tertiary/aromatic N) is 2. The number of benzene rings is 1. The Morgan fingerprint density at radius 1 is 1.23 bits per heavy atom. The first-order valence-corrected chi connectivity index (χ1v) is 8.06. The minimum atomic E-state index is -4.91. The van der Waals surface area contributed by atoms with Crippen LogP contribution in [0.5, 0.6) is 0 Å². The molecule has 3 rings (SSSR count). The van der Waals surface area contributed by atoms with Crippen molar-refractivity contribution in [1.29, 1.82) is 0 Å². The van der Waals surface area contributed by atoms with E-state index in [2.05, 4.69) is 10.3 Å². The molecule has 1 atom stereocenters. The Kier molecular flexibility index (Phi) is 4.92. The number of allylic oxidation sites excluding steroid dienone is 1. The maximum Gasteiger partial charge on any atom is 0.454 e. The van der Waals surface area contributed by atoms with Crippen LogP contribution in [0, 0.1) is 0 Å². The van der Waals surface area contributed by atoms with Crippen molar-refractivity contribution < 1.29 is 22.8 Å². The molecule has 0 spiro atoms. The summed E-state index contributed by atoms with van der Waals surface area (Å²) in [4.78, 5) is 29.3. The molecule has 0 radical (unpaired) electrons. The third kappa shape index (κ3) is 3.84. The summed E-state index contributed by atoms with van der Waals surface area (Å²) in [5, 5.41) is 3.66. The van der Waals surface area contributed by atoms with Gasteiger partial charge in [-0.1, -0.05) is 18.2 Å². The minimum absolute atomic E-state index is 0.343. The van der Waals surface area contributed by atoms with Gasteiger partial charge in [-0.25, -0.2) is 0 Å².